The van der Waals surface area contributed by atoms with E-state index >= 15 is 0 Å². The van der Waals surface area contributed by atoms with E-state index in [2.05, 4.69) is 12.2 Å². The normalized spacial score (nSPS) is 20.1. The molecule has 2 unspecified atom stereocenters. The molecule has 0 aromatic heterocycles. The molecule has 0 saturated carbocycles. The van der Waals surface area contributed by atoms with Crippen LogP contribution in [0.5, 0.6) is 11.5 Å². The molecule has 0 fully saturated rings. The van der Waals surface area contributed by atoms with E-state index in [1.54, 1.807) is 26.4 Å². The van der Waals surface area contributed by atoms with Gasteiger partial charge in [0.25, 0.3) is 0 Å². The maximum absolute atomic E-state index is 13.2. The summed E-state index contributed by atoms with van der Waals surface area (Å²) in [4.78, 5) is 24.3. The first-order chi connectivity index (χ1) is 15.0. The largest absolute Gasteiger partial charge is 0.493 e. The van der Waals surface area contributed by atoms with Crippen molar-refractivity contribution in [1.29, 1.82) is 0 Å². The molecule has 0 bridgehead atoms. The Kier molecular flexibility index (Phi) is 5.75. The van der Waals surface area contributed by atoms with Crippen molar-refractivity contribution in [3.63, 3.8) is 0 Å². The molecule has 2 aromatic carbocycles. The second-order valence-electron chi connectivity index (χ2n) is 7.61. The van der Waals surface area contributed by atoms with Crippen molar-refractivity contribution in [2.75, 3.05) is 14.2 Å². The number of hydrogen-bond acceptors (Lipinski definition) is 5. The summed E-state index contributed by atoms with van der Waals surface area (Å²) in [7, 11) is 3.18. The average Bonchev–Trinajstić information content (AvgIpc) is 2.80. The summed E-state index contributed by atoms with van der Waals surface area (Å²) in [6.45, 7) is 0.280. The van der Waals surface area contributed by atoms with Crippen LogP contribution >= 0.6 is 0 Å². The van der Waals surface area contributed by atoms with Gasteiger partial charge in [0.2, 0.25) is 5.91 Å². The lowest BCUT2D eigenvalue weighted by molar-refractivity contribution is -0.138. The van der Waals surface area contributed by atoms with Crippen LogP contribution in [0.3, 0.4) is 0 Å². The highest BCUT2D eigenvalue weighted by Crippen LogP contribution is 2.37. The molecule has 0 spiro atoms. The summed E-state index contributed by atoms with van der Waals surface area (Å²) >= 11 is 0. The standard InChI is InChI=1S/C24H24N2O5/c1-30-20-12-11-17(13-21(20)31-2)22-18-5-3-4-6-19(18)23(27)26(25-22)14-15-7-9-16(10-8-15)24(28)29/h3-4,7-13,18-19H,5-6,14H2,1-2H3,(H,28,29). The Morgan fingerprint density at radius 2 is 1.71 bits per heavy atom. The number of nitrogens with zero attached hydrogens (tertiary/aromatic N) is 2. The minimum Gasteiger partial charge on any atom is -0.493 e. The highest BCUT2D eigenvalue weighted by Gasteiger charge is 2.40. The van der Waals surface area contributed by atoms with Gasteiger partial charge in [-0.25, -0.2) is 9.80 Å². The Labute approximate surface area is 180 Å². The molecule has 7 nitrogen and oxygen atoms in total. The van der Waals surface area contributed by atoms with Gasteiger partial charge in [0.05, 0.1) is 38.0 Å². The topological polar surface area (TPSA) is 88.4 Å². The van der Waals surface area contributed by atoms with E-state index in [0.717, 1.165) is 23.3 Å². The van der Waals surface area contributed by atoms with Crippen molar-refractivity contribution in [2.45, 2.75) is 19.4 Å². The fourth-order valence-corrected chi connectivity index (χ4v) is 4.14. The van der Waals surface area contributed by atoms with E-state index in [9.17, 15) is 9.59 Å². The molecule has 160 valence electrons. The molecule has 7 heteroatoms. The predicted octanol–water partition coefficient (Wildman–Crippen LogP) is 3.73. The lowest BCUT2D eigenvalue weighted by atomic mass is 9.76. The Bertz CT molecular complexity index is 1060. The molecule has 2 aromatic rings. The van der Waals surface area contributed by atoms with Crippen molar-refractivity contribution >= 4 is 17.6 Å². The minimum absolute atomic E-state index is 0.00115. The number of carbonyl (C=O) groups excluding carboxylic acids is 1. The molecule has 0 radical (unpaired) electrons. The van der Waals surface area contributed by atoms with Crippen LogP contribution in [0.1, 0.15) is 34.3 Å². The second-order valence-corrected chi connectivity index (χ2v) is 7.61. The van der Waals surface area contributed by atoms with Crippen molar-refractivity contribution in [3.05, 3.63) is 71.3 Å². The first kappa shape index (κ1) is 20.7. The van der Waals surface area contributed by atoms with Crippen LogP contribution in [-0.2, 0) is 11.3 Å². The van der Waals surface area contributed by atoms with Gasteiger partial charge < -0.3 is 14.6 Å². The number of amides is 1. The maximum atomic E-state index is 13.2. The zero-order valence-electron chi connectivity index (χ0n) is 17.4. The summed E-state index contributed by atoms with van der Waals surface area (Å²) in [5.74, 6) is 0.0738. The maximum Gasteiger partial charge on any atom is 0.335 e. The molecule has 4 rings (SSSR count). The van der Waals surface area contributed by atoms with Crippen LogP contribution in [0.4, 0.5) is 0 Å². The van der Waals surface area contributed by atoms with Crippen LogP contribution in [0.25, 0.3) is 0 Å². The van der Waals surface area contributed by atoms with E-state index in [0.29, 0.717) is 17.9 Å². The van der Waals surface area contributed by atoms with Crippen LogP contribution in [0.15, 0.2) is 59.7 Å². The number of rotatable bonds is 6. The molecule has 0 saturated heterocycles. The van der Waals surface area contributed by atoms with Gasteiger partial charge in [0, 0.05) is 11.5 Å². The zero-order valence-corrected chi connectivity index (χ0v) is 17.4. The third-order valence-electron chi connectivity index (χ3n) is 5.80. The molecular formula is C24H24N2O5. The number of hydrogen-bond donors (Lipinski definition) is 1. The molecule has 1 aliphatic carbocycles. The van der Waals surface area contributed by atoms with Gasteiger partial charge in [-0.1, -0.05) is 24.3 Å². The summed E-state index contributed by atoms with van der Waals surface area (Å²) in [6.07, 6.45) is 5.58. The molecule has 1 N–H and O–H groups in total. The SMILES string of the molecule is COc1ccc(C2=NN(Cc3ccc(C(=O)O)cc3)C(=O)C3CC=CCC23)cc1OC. The minimum atomic E-state index is -0.980. The lowest BCUT2D eigenvalue weighted by Crippen LogP contribution is -2.45. The van der Waals surface area contributed by atoms with E-state index in [1.807, 2.05) is 18.2 Å². The van der Waals surface area contributed by atoms with Crippen LogP contribution < -0.4 is 9.47 Å². The van der Waals surface area contributed by atoms with Crippen LogP contribution in [0, 0.1) is 11.8 Å². The number of fused-ring (bicyclic) bond motifs is 1. The monoisotopic (exact) mass is 420 g/mol. The number of benzene rings is 2. The number of carbonyl (C=O) groups is 2. The third-order valence-corrected chi connectivity index (χ3v) is 5.80. The molecular weight excluding hydrogens is 396 g/mol. The average molecular weight is 420 g/mol. The summed E-state index contributed by atoms with van der Waals surface area (Å²) in [6, 6.07) is 12.2. The van der Waals surface area contributed by atoms with Crippen molar-refractivity contribution in [2.24, 2.45) is 16.9 Å². The molecule has 1 amide bonds. The summed E-state index contributed by atoms with van der Waals surface area (Å²) < 4.78 is 10.8. The number of allylic oxidation sites excluding steroid dienone is 2. The summed E-state index contributed by atoms with van der Waals surface area (Å²) in [5, 5.41) is 15.4. The van der Waals surface area contributed by atoms with Crippen molar-refractivity contribution in [3.8, 4) is 11.5 Å². The zero-order chi connectivity index (χ0) is 22.0. The molecule has 2 aliphatic rings. The fourth-order valence-electron chi connectivity index (χ4n) is 4.14. The number of ether oxygens (including phenoxy) is 2. The van der Waals surface area contributed by atoms with Crippen LogP contribution in [-0.4, -0.2) is 41.9 Å². The highest BCUT2D eigenvalue weighted by molar-refractivity contribution is 6.07. The first-order valence-electron chi connectivity index (χ1n) is 10.1. The lowest BCUT2D eigenvalue weighted by Gasteiger charge is -2.37. The van der Waals surface area contributed by atoms with Gasteiger partial charge in [-0.3, -0.25) is 4.79 Å². The fraction of sp³-hybridized carbons (Fsp3) is 0.292. The van der Waals surface area contributed by atoms with Crippen molar-refractivity contribution < 1.29 is 24.2 Å². The quantitative estimate of drug-likeness (QED) is 0.720. The van der Waals surface area contributed by atoms with E-state index in [1.165, 1.54) is 17.1 Å². The Morgan fingerprint density at radius 1 is 1.03 bits per heavy atom. The Morgan fingerprint density at radius 3 is 2.35 bits per heavy atom. The van der Waals surface area contributed by atoms with Gasteiger partial charge in [-0.2, -0.15) is 5.10 Å². The van der Waals surface area contributed by atoms with Gasteiger partial charge in [-0.15, -0.1) is 0 Å². The van der Waals surface area contributed by atoms with E-state index in [-0.39, 0.29) is 29.9 Å². The summed E-state index contributed by atoms with van der Waals surface area (Å²) in [5.41, 5.74) is 2.76. The molecule has 31 heavy (non-hydrogen) atoms. The van der Waals surface area contributed by atoms with Gasteiger partial charge in [0.15, 0.2) is 11.5 Å². The van der Waals surface area contributed by atoms with E-state index < -0.39 is 5.97 Å². The van der Waals surface area contributed by atoms with Gasteiger partial charge in [-0.05, 0) is 48.7 Å². The molecule has 1 heterocycles. The van der Waals surface area contributed by atoms with Crippen molar-refractivity contribution in [1.82, 2.24) is 5.01 Å². The third kappa shape index (κ3) is 4.03. The number of methoxy groups -OCH3 is 2. The smallest absolute Gasteiger partial charge is 0.335 e. The van der Waals surface area contributed by atoms with Gasteiger partial charge in [0.1, 0.15) is 0 Å². The number of carboxylic acid groups (broad SMARTS) is 1. The highest BCUT2D eigenvalue weighted by atomic mass is 16.5. The number of carboxylic acids is 1. The first-order valence-corrected chi connectivity index (χ1v) is 10.1. The Balaban J connectivity index is 1.70. The van der Waals surface area contributed by atoms with Crippen LogP contribution in [0.2, 0.25) is 0 Å². The molecule has 2 atom stereocenters. The second kappa shape index (κ2) is 8.63. The Hall–Kier alpha value is -3.61. The molecule has 1 aliphatic heterocycles. The number of aromatic carboxylic acids is 1. The van der Waals surface area contributed by atoms with E-state index in [4.69, 9.17) is 19.7 Å². The predicted molar refractivity (Wildman–Crippen MR) is 115 cm³/mol. The van der Waals surface area contributed by atoms with Gasteiger partial charge >= 0.3 is 5.97 Å². The number of hydrazone groups is 1.